The largest absolute Gasteiger partial charge is 0.416 e. The molecule has 1 saturated heterocycles. The SMILES string of the molecule is CCC1CN(C(=O)Cc2ccc(CN3CCN(CC)CC3)c(C(F)(F)F)c2)Cc2cc(Nc3c(F)cnc4[nH]c(-c5cnn(C)c5)cc34)cnc21. The number of hydrogen-bond acceptors (Lipinski definition) is 7. The maximum Gasteiger partial charge on any atom is 0.416 e. The first-order chi connectivity index (χ1) is 24.5. The van der Waals surface area contributed by atoms with Crippen molar-refractivity contribution in [2.75, 3.05) is 44.6 Å². The number of hydrogen-bond donors (Lipinski definition) is 2. The fourth-order valence-electron chi connectivity index (χ4n) is 7.18. The number of halogens is 4. The number of likely N-dealkylation sites (N-methyl/N-ethyl adjacent to an activating group) is 1. The van der Waals surface area contributed by atoms with E-state index in [1.807, 2.05) is 32.3 Å². The minimum Gasteiger partial charge on any atom is -0.351 e. The molecule has 1 aromatic carbocycles. The van der Waals surface area contributed by atoms with Gasteiger partial charge in [0.05, 0.1) is 53.3 Å². The number of aromatic nitrogens is 5. The molecule has 2 N–H and O–H groups in total. The summed E-state index contributed by atoms with van der Waals surface area (Å²) in [6.07, 6.45) is 2.39. The summed E-state index contributed by atoms with van der Waals surface area (Å²) < 4.78 is 59.7. The zero-order valence-corrected chi connectivity index (χ0v) is 28.9. The Kier molecular flexibility index (Phi) is 9.55. The molecular formula is C37H41F4N9O. The molecule has 0 aliphatic carbocycles. The summed E-state index contributed by atoms with van der Waals surface area (Å²) in [6, 6.07) is 7.99. The third kappa shape index (κ3) is 7.33. The van der Waals surface area contributed by atoms with Gasteiger partial charge >= 0.3 is 6.18 Å². The van der Waals surface area contributed by atoms with Gasteiger partial charge in [0, 0.05) is 75.9 Å². The molecule has 14 heteroatoms. The van der Waals surface area contributed by atoms with E-state index >= 15 is 4.39 Å². The molecule has 1 unspecified atom stereocenters. The average molecular weight is 704 g/mol. The van der Waals surface area contributed by atoms with Gasteiger partial charge in [0.1, 0.15) is 5.65 Å². The minimum atomic E-state index is -4.54. The quantitative estimate of drug-likeness (QED) is 0.170. The lowest BCUT2D eigenvalue weighted by Gasteiger charge is -2.34. The highest BCUT2D eigenvalue weighted by molar-refractivity contribution is 5.95. The Morgan fingerprint density at radius 2 is 1.80 bits per heavy atom. The Balaban J connectivity index is 1.09. The number of anilines is 2. The maximum atomic E-state index is 15.2. The molecule has 6 heterocycles. The number of pyridine rings is 2. The van der Waals surface area contributed by atoms with E-state index in [4.69, 9.17) is 4.98 Å². The van der Waals surface area contributed by atoms with Crippen molar-refractivity contribution >= 4 is 28.3 Å². The fourth-order valence-corrected chi connectivity index (χ4v) is 7.18. The van der Waals surface area contributed by atoms with E-state index in [1.165, 1.54) is 6.07 Å². The van der Waals surface area contributed by atoms with Crippen molar-refractivity contribution in [1.29, 1.82) is 0 Å². The van der Waals surface area contributed by atoms with E-state index in [2.05, 4.69) is 37.1 Å². The number of carbonyl (C=O) groups excluding carboxylic acids is 1. The van der Waals surface area contributed by atoms with Crippen LogP contribution in [0.4, 0.5) is 28.9 Å². The zero-order chi connectivity index (χ0) is 35.9. The number of nitrogens with one attached hydrogen (secondary N) is 2. The Bertz CT molecular complexity index is 2050. The number of aryl methyl sites for hydroxylation is 1. The van der Waals surface area contributed by atoms with Crippen molar-refractivity contribution < 1.29 is 22.4 Å². The zero-order valence-electron chi connectivity index (χ0n) is 28.9. The van der Waals surface area contributed by atoms with Gasteiger partial charge in [-0.3, -0.25) is 19.4 Å². The van der Waals surface area contributed by atoms with Crippen LogP contribution in [0.1, 0.15) is 54.1 Å². The second-order valence-electron chi connectivity index (χ2n) is 13.5. The fraction of sp³-hybridized carbons (Fsp3) is 0.405. The molecule has 2 aliphatic rings. The van der Waals surface area contributed by atoms with Crippen LogP contribution >= 0.6 is 0 Å². The van der Waals surface area contributed by atoms with Crippen molar-refractivity contribution in [1.82, 2.24) is 39.4 Å². The van der Waals surface area contributed by atoms with Gasteiger partial charge in [-0.15, -0.1) is 0 Å². The lowest BCUT2D eigenvalue weighted by atomic mass is 9.91. The summed E-state index contributed by atoms with van der Waals surface area (Å²) in [5.41, 5.74) is 4.37. The second-order valence-corrected chi connectivity index (χ2v) is 13.5. The van der Waals surface area contributed by atoms with E-state index in [0.717, 1.165) is 60.8 Å². The molecule has 1 fully saturated rings. The van der Waals surface area contributed by atoms with Crippen LogP contribution in [0.25, 0.3) is 22.3 Å². The molecule has 7 rings (SSSR count). The number of aromatic amines is 1. The molecule has 0 saturated carbocycles. The normalized spacial score (nSPS) is 17.2. The first-order valence-electron chi connectivity index (χ1n) is 17.3. The van der Waals surface area contributed by atoms with Gasteiger partial charge in [0.2, 0.25) is 5.91 Å². The van der Waals surface area contributed by atoms with Crippen molar-refractivity contribution in [3.8, 4) is 11.3 Å². The van der Waals surface area contributed by atoms with Crippen LogP contribution in [0.5, 0.6) is 0 Å². The third-order valence-electron chi connectivity index (χ3n) is 10.1. The first kappa shape index (κ1) is 34.6. The van der Waals surface area contributed by atoms with E-state index < -0.39 is 17.6 Å². The molecule has 268 valence electrons. The van der Waals surface area contributed by atoms with Crippen molar-refractivity contribution in [3.05, 3.63) is 88.9 Å². The lowest BCUT2D eigenvalue weighted by molar-refractivity contribution is -0.139. The number of benzene rings is 1. The smallest absolute Gasteiger partial charge is 0.351 e. The van der Waals surface area contributed by atoms with Crippen LogP contribution in [-0.2, 0) is 37.5 Å². The summed E-state index contributed by atoms with van der Waals surface area (Å²) in [7, 11) is 1.82. The Morgan fingerprint density at radius 1 is 1.02 bits per heavy atom. The number of nitrogens with zero attached hydrogens (tertiary/aromatic N) is 7. The monoisotopic (exact) mass is 703 g/mol. The van der Waals surface area contributed by atoms with Crippen LogP contribution in [0, 0.1) is 5.82 Å². The van der Waals surface area contributed by atoms with Crippen LogP contribution in [0.2, 0.25) is 0 Å². The number of rotatable bonds is 9. The maximum absolute atomic E-state index is 15.2. The number of piperazine rings is 1. The number of H-pyrrole nitrogens is 1. The molecule has 0 bridgehead atoms. The summed E-state index contributed by atoms with van der Waals surface area (Å²) in [6.45, 7) is 9.00. The summed E-state index contributed by atoms with van der Waals surface area (Å²) >= 11 is 0. The Labute approximate surface area is 293 Å². The van der Waals surface area contributed by atoms with Crippen LogP contribution in [-0.4, -0.2) is 84.6 Å². The highest BCUT2D eigenvalue weighted by atomic mass is 19.4. The molecular weight excluding hydrogens is 662 g/mol. The topological polar surface area (TPSA) is 98.2 Å². The van der Waals surface area contributed by atoms with Gasteiger partial charge in [-0.25, -0.2) is 9.37 Å². The van der Waals surface area contributed by atoms with Gasteiger partial charge in [0.25, 0.3) is 0 Å². The number of alkyl halides is 3. The summed E-state index contributed by atoms with van der Waals surface area (Å²) in [5.74, 6) is -0.848. The molecule has 0 spiro atoms. The highest BCUT2D eigenvalue weighted by Gasteiger charge is 2.35. The molecule has 4 aromatic heterocycles. The number of carbonyl (C=O) groups is 1. The number of amides is 1. The van der Waals surface area contributed by atoms with Crippen LogP contribution in [0.3, 0.4) is 0 Å². The van der Waals surface area contributed by atoms with E-state index in [9.17, 15) is 18.0 Å². The van der Waals surface area contributed by atoms with Gasteiger partial charge in [-0.05, 0) is 47.9 Å². The Hall–Kier alpha value is -4.82. The summed E-state index contributed by atoms with van der Waals surface area (Å²) in [5, 5.41) is 7.94. The van der Waals surface area contributed by atoms with Gasteiger partial charge in [-0.2, -0.15) is 18.3 Å². The van der Waals surface area contributed by atoms with Crippen LogP contribution in [0.15, 0.2) is 55.1 Å². The Morgan fingerprint density at radius 3 is 2.51 bits per heavy atom. The predicted molar refractivity (Wildman–Crippen MR) is 187 cm³/mol. The molecule has 1 atom stereocenters. The van der Waals surface area contributed by atoms with Crippen molar-refractivity contribution in [2.24, 2.45) is 7.05 Å². The molecule has 1 amide bonds. The van der Waals surface area contributed by atoms with Crippen molar-refractivity contribution in [3.63, 3.8) is 0 Å². The van der Waals surface area contributed by atoms with Crippen molar-refractivity contribution in [2.45, 2.75) is 51.9 Å². The van der Waals surface area contributed by atoms with E-state index in [-0.39, 0.29) is 42.6 Å². The minimum absolute atomic E-state index is 0.0517. The standard InChI is InChI=1S/C37H41F4N9O/c1-4-24-21-50(33(51)13-23-6-7-25(30(12-23)37(39,40)41)20-49-10-8-48(5-2)9-11-49)22-26-14-28(17-42-34(24)26)45-35-29-15-32(27-16-44-47(3)19-27)46-36(29)43-18-31(35)38/h6-7,12,14-19,24H,4-5,8-11,13,20-22H2,1-3H3,(H2,43,45,46). The lowest BCUT2D eigenvalue weighted by Crippen LogP contribution is -2.45. The van der Waals surface area contributed by atoms with Gasteiger partial charge in [-0.1, -0.05) is 26.0 Å². The van der Waals surface area contributed by atoms with E-state index in [1.54, 1.807) is 28.0 Å². The molecule has 5 aromatic rings. The summed E-state index contributed by atoms with van der Waals surface area (Å²) in [4.78, 5) is 31.9. The van der Waals surface area contributed by atoms with Gasteiger partial charge in [0.15, 0.2) is 5.82 Å². The molecule has 0 radical (unpaired) electrons. The highest BCUT2D eigenvalue weighted by Crippen LogP contribution is 2.36. The van der Waals surface area contributed by atoms with Gasteiger partial charge < -0.3 is 20.1 Å². The first-order valence-corrected chi connectivity index (χ1v) is 17.3. The third-order valence-corrected chi connectivity index (χ3v) is 10.1. The molecule has 2 aliphatic heterocycles. The average Bonchev–Trinajstić information content (AvgIpc) is 3.76. The number of fused-ring (bicyclic) bond motifs is 2. The second kappa shape index (κ2) is 14.1. The molecule has 51 heavy (non-hydrogen) atoms. The van der Waals surface area contributed by atoms with E-state index in [0.29, 0.717) is 41.9 Å². The predicted octanol–water partition coefficient (Wildman–Crippen LogP) is 6.48. The molecule has 10 nitrogen and oxygen atoms in total. The van der Waals surface area contributed by atoms with Crippen LogP contribution < -0.4 is 5.32 Å².